The van der Waals surface area contributed by atoms with E-state index in [2.05, 4.69) is 0 Å². The topological polar surface area (TPSA) is 87.1 Å². The number of rotatable bonds is 6. The van der Waals surface area contributed by atoms with Crippen LogP contribution in [0.2, 0.25) is 5.02 Å². The van der Waals surface area contributed by atoms with Crippen LogP contribution in [0.15, 0.2) is 60.7 Å². The Bertz CT molecular complexity index is 1340. The fourth-order valence-corrected chi connectivity index (χ4v) is 4.85. The molecule has 1 amide bonds. The number of aliphatic hydroxyl groups excluding tert-OH is 1. The van der Waals surface area contributed by atoms with E-state index in [1.807, 2.05) is 18.2 Å². The highest BCUT2D eigenvalue weighted by Crippen LogP contribution is 2.32. The molecule has 2 atom stereocenters. The molecule has 4 rings (SSSR count). The molecule has 0 saturated carbocycles. The second-order valence-corrected chi connectivity index (χ2v) is 11.0. The van der Waals surface area contributed by atoms with Gasteiger partial charge in [0, 0.05) is 16.6 Å². The number of halogens is 2. The van der Waals surface area contributed by atoms with E-state index in [0.29, 0.717) is 41.0 Å². The van der Waals surface area contributed by atoms with Crippen LogP contribution in [0.25, 0.3) is 11.1 Å². The Balaban J connectivity index is 1.61. The Morgan fingerprint density at radius 2 is 1.79 bits per heavy atom. The van der Waals surface area contributed by atoms with Crippen molar-refractivity contribution in [2.75, 3.05) is 6.54 Å². The third-order valence-corrected chi connectivity index (χ3v) is 6.88. The summed E-state index contributed by atoms with van der Waals surface area (Å²) in [5.74, 6) is -1.80. The molecule has 3 aromatic carbocycles. The average Bonchev–Trinajstić information content (AvgIpc) is 2.85. The summed E-state index contributed by atoms with van der Waals surface area (Å²) in [4.78, 5) is 26.1. The van der Waals surface area contributed by atoms with E-state index in [1.165, 1.54) is 12.1 Å². The molecule has 2 N–H and O–H groups in total. The number of carboxylic acid groups (broad SMARTS) is 1. The first kappa shape index (κ1) is 27.6. The summed E-state index contributed by atoms with van der Waals surface area (Å²) < 4.78 is 20.5. The lowest BCUT2D eigenvalue weighted by Gasteiger charge is -2.37. The van der Waals surface area contributed by atoms with Gasteiger partial charge in [-0.2, -0.15) is 0 Å². The van der Waals surface area contributed by atoms with Crippen LogP contribution >= 0.6 is 11.6 Å². The second-order valence-electron chi connectivity index (χ2n) is 10.6. The lowest BCUT2D eigenvalue weighted by Crippen LogP contribution is -2.47. The number of aliphatic hydroxyl groups is 1. The number of carbonyl (C=O) groups excluding carboxylic acids is 1. The van der Waals surface area contributed by atoms with E-state index in [4.69, 9.17) is 21.4 Å². The molecule has 0 aliphatic heterocycles. The molecule has 0 spiro atoms. The van der Waals surface area contributed by atoms with Crippen LogP contribution in [-0.4, -0.2) is 45.4 Å². The number of nitrogens with zero attached hydrogens (tertiary/aromatic N) is 1. The molecule has 0 aromatic heterocycles. The molecule has 38 heavy (non-hydrogen) atoms. The highest BCUT2D eigenvalue weighted by molar-refractivity contribution is 6.30. The maximum atomic E-state index is 14.8. The Hall–Kier alpha value is -3.42. The van der Waals surface area contributed by atoms with Gasteiger partial charge in [0.05, 0.1) is 18.2 Å². The predicted molar refractivity (Wildman–Crippen MR) is 144 cm³/mol. The van der Waals surface area contributed by atoms with Crippen LogP contribution < -0.4 is 0 Å². The minimum atomic E-state index is -1.19. The number of ether oxygens (including phenoxy) is 1. The molecule has 200 valence electrons. The summed E-state index contributed by atoms with van der Waals surface area (Å²) in [7, 11) is 0. The molecule has 0 radical (unpaired) electrons. The Morgan fingerprint density at radius 3 is 2.42 bits per heavy atom. The van der Waals surface area contributed by atoms with Crippen molar-refractivity contribution in [2.45, 2.75) is 57.8 Å². The van der Waals surface area contributed by atoms with E-state index in [0.717, 1.165) is 17.2 Å². The van der Waals surface area contributed by atoms with Crippen molar-refractivity contribution < 1.29 is 28.9 Å². The standard InChI is InChI=1S/C30H31ClFNO5/c1-30(2,3)38-29(37)33(17-27(34)19-6-10-23(31)11-7-19)24-12-8-18-4-5-20(14-22(18)15-24)25-13-9-21(28(35)36)16-26(25)32/h4-7,9-11,13-14,16,24,27,34H,8,12,15,17H2,1-3H3,(H,35,36). The van der Waals surface area contributed by atoms with E-state index in [-0.39, 0.29) is 18.2 Å². The molecule has 0 heterocycles. The largest absolute Gasteiger partial charge is 0.478 e. The predicted octanol–water partition coefficient (Wildman–Crippen LogP) is 6.67. The minimum absolute atomic E-state index is 0.0432. The van der Waals surface area contributed by atoms with Crippen LogP contribution in [0.3, 0.4) is 0 Å². The molecule has 3 aromatic rings. The van der Waals surface area contributed by atoms with Crippen LogP contribution in [0.1, 0.15) is 60.3 Å². The second kappa shape index (κ2) is 11.1. The van der Waals surface area contributed by atoms with Crippen LogP contribution in [-0.2, 0) is 17.6 Å². The van der Waals surface area contributed by atoms with Crippen molar-refractivity contribution in [2.24, 2.45) is 0 Å². The number of aryl methyl sites for hydroxylation is 1. The van der Waals surface area contributed by atoms with Crippen molar-refractivity contribution in [1.29, 1.82) is 0 Å². The van der Waals surface area contributed by atoms with Gasteiger partial charge in [0.2, 0.25) is 0 Å². The number of hydrogen-bond acceptors (Lipinski definition) is 4. The number of carboxylic acids is 1. The minimum Gasteiger partial charge on any atom is -0.478 e. The lowest BCUT2D eigenvalue weighted by atomic mass is 9.85. The smallest absolute Gasteiger partial charge is 0.410 e. The van der Waals surface area contributed by atoms with E-state index >= 15 is 0 Å². The number of aromatic carboxylic acids is 1. The summed E-state index contributed by atoms with van der Waals surface area (Å²) in [6.07, 6.45) is 0.446. The maximum absolute atomic E-state index is 14.8. The first-order chi connectivity index (χ1) is 17.9. The quantitative estimate of drug-likeness (QED) is 0.365. The van der Waals surface area contributed by atoms with Gasteiger partial charge >= 0.3 is 12.1 Å². The van der Waals surface area contributed by atoms with Crippen molar-refractivity contribution >= 4 is 23.7 Å². The molecule has 6 nitrogen and oxygen atoms in total. The number of hydrogen-bond donors (Lipinski definition) is 2. The normalized spacial score (nSPS) is 15.9. The molecular formula is C30H31ClFNO5. The molecule has 1 aliphatic rings. The highest BCUT2D eigenvalue weighted by atomic mass is 35.5. The van der Waals surface area contributed by atoms with Gasteiger partial charge in [0.25, 0.3) is 0 Å². The Kier molecular flexibility index (Phi) is 8.09. The van der Waals surface area contributed by atoms with Gasteiger partial charge in [0.15, 0.2) is 0 Å². The van der Waals surface area contributed by atoms with Gasteiger partial charge in [0.1, 0.15) is 11.4 Å². The summed E-state index contributed by atoms with van der Waals surface area (Å²) >= 11 is 5.99. The number of fused-ring (bicyclic) bond motifs is 1. The third-order valence-electron chi connectivity index (χ3n) is 6.63. The van der Waals surface area contributed by atoms with Gasteiger partial charge in [-0.05, 0) is 86.6 Å². The lowest BCUT2D eigenvalue weighted by molar-refractivity contribution is 0.00194. The van der Waals surface area contributed by atoms with Crippen molar-refractivity contribution in [1.82, 2.24) is 4.90 Å². The van der Waals surface area contributed by atoms with Crippen LogP contribution in [0.4, 0.5) is 9.18 Å². The molecular weight excluding hydrogens is 509 g/mol. The molecule has 0 bridgehead atoms. The van der Waals surface area contributed by atoms with Crippen molar-refractivity contribution in [3.05, 3.63) is 93.8 Å². The number of amides is 1. The zero-order chi connectivity index (χ0) is 27.6. The summed E-state index contributed by atoms with van der Waals surface area (Å²) in [6, 6.07) is 16.1. The summed E-state index contributed by atoms with van der Waals surface area (Å²) in [5.41, 5.74) is 2.83. The first-order valence-corrected chi connectivity index (χ1v) is 12.9. The number of benzene rings is 3. The van der Waals surface area contributed by atoms with Gasteiger partial charge in [-0.15, -0.1) is 0 Å². The zero-order valence-electron chi connectivity index (χ0n) is 21.6. The third kappa shape index (κ3) is 6.52. The van der Waals surface area contributed by atoms with E-state index in [9.17, 15) is 19.1 Å². The first-order valence-electron chi connectivity index (χ1n) is 12.5. The van der Waals surface area contributed by atoms with Crippen molar-refractivity contribution in [3.63, 3.8) is 0 Å². The van der Waals surface area contributed by atoms with Gasteiger partial charge in [-0.25, -0.2) is 14.0 Å². The number of carbonyl (C=O) groups is 2. The van der Waals surface area contributed by atoms with Gasteiger partial charge in [-0.1, -0.05) is 48.0 Å². The fraction of sp³-hybridized carbons (Fsp3) is 0.333. The van der Waals surface area contributed by atoms with E-state index in [1.54, 1.807) is 49.9 Å². The SMILES string of the molecule is CC(C)(C)OC(=O)N(CC(O)c1ccc(Cl)cc1)C1CCc2ccc(-c3ccc(C(=O)O)cc3F)cc2C1. The van der Waals surface area contributed by atoms with E-state index < -0.39 is 29.6 Å². The van der Waals surface area contributed by atoms with Crippen molar-refractivity contribution in [3.8, 4) is 11.1 Å². The average molecular weight is 540 g/mol. The van der Waals surface area contributed by atoms with Gasteiger partial charge in [-0.3, -0.25) is 0 Å². The Labute approximate surface area is 226 Å². The van der Waals surface area contributed by atoms with Crippen LogP contribution in [0, 0.1) is 5.82 Å². The molecule has 2 unspecified atom stereocenters. The molecule has 1 aliphatic carbocycles. The van der Waals surface area contributed by atoms with Gasteiger partial charge < -0.3 is 19.8 Å². The molecule has 0 fully saturated rings. The Morgan fingerprint density at radius 1 is 1.08 bits per heavy atom. The molecule has 0 saturated heterocycles. The summed E-state index contributed by atoms with van der Waals surface area (Å²) in [6.45, 7) is 5.43. The monoisotopic (exact) mass is 539 g/mol. The van der Waals surface area contributed by atoms with Crippen LogP contribution in [0.5, 0.6) is 0 Å². The highest BCUT2D eigenvalue weighted by Gasteiger charge is 2.33. The fourth-order valence-electron chi connectivity index (χ4n) is 4.72. The zero-order valence-corrected chi connectivity index (χ0v) is 22.3. The summed E-state index contributed by atoms with van der Waals surface area (Å²) in [5, 5.41) is 20.7. The molecule has 8 heteroatoms. The maximum Gasteiger partial charge on any atom is 0.410 e.